The van der Waals surface area contributed by atoms with Gasteiger partial charge in [0.2, 0.25) is 17.6 Å². The van der Waals surface area contributed by atoms with E-state index in [-0.39, 0.29) is 46.2 Å². The van der Waals surface area contributed by atoms with E-state index < -0.39 is 5.91 Å². The number of nitrogen functional groups attached to an aromatic ring is 1. The number of nitrogens with one attached hydrogen (secondary N) is 3. The number of aliphatic imine (C=N–C) groups is 1. The summed E-state index contributed by atoms with van der Waals surface area (Å²) in [6.45, 7) is 1.50. The van der Waals surface area contributed by atoms with Gasteiger partial charge in [-0.2, -0.15) is 4.98 Å². The van der Waals surface area contributed by atoms with Crippen LogP contribution in [-0.4, -0.2) is 75.0 Å². The molecule has 15 heteroatoms. The summed E-state index contributed by atoms with van der Waals surface area (Å²) in [7, 11) is 1.60. The van der Waals surface area contributed by atoms with Crippen LogP contribution >= 0.6 is 23.2 Å². The normalized spacial score (nSPS) is 16.2. The second kappa shape index (κ2) is 10.4. The molecule has 13 nitrogen and oxygen atoms in total. The van der Waals surface area contributed by atoms with E-state index in [0.29, 0.717) is 49.3 Å². The highest BCUT2D eigenvalue weighted by Crippen LogP contribution is 2.27. The molecule has 4 heterocycles. The van der Waals surface area contributed by atoms with Crippen molar-refractivity contribution in [2.24, 2.45) is 4.99 Å². The fourth-order valence-corrected chi connectivity index (χ4v) is 4.56. The molecular weight excluding hydrogens is 535 g/mol. The predicted molar refractivity (Wildman–Crippen MR) is 141 cm³/mol. The Kier molecular flexibility index (Phi) is 7.04. The van der Waals surface area contributed by atoms with E-state index in [4.69, 9.17) is 33.5 Å². The number of nitrogens with two attached hydrogens (primary N) is 1. The van der Waals surface area contributed by atoms with Crippen LogP contribution < -0.4 is 21.7 Å². The quantitative estimate of drug-likeness (QED) is 0.360. The van der Waals surface area contributed by atoms with Crippen molar-refractivity contribution < 1.29 is 14.1 Å². The number of benzene rings is 1. The molecule has 1 aromatic carbocycles. The second-order valence-corrected chi connectivity index (χ2v) is 9.74. The highest BCUT2D eigenvalue weighted by molar-refractivity contribution is 6.32. The lowest BCUT2D eigenvalue weighted by atomic mass is 9.88. The molecule has 1 saturated heterocycles. The summed E-state index contributed by atoms with van der Waals surface area (Å²) in [5, 5.41) is 13.3. The van der Waals surface area contributed by atoms with E-state index in [1.165, 1.54) is 0 Å². The zero-order valence-corrected chi connectivity index (χ0v) is 21.8. The maximum Gasteiger partial charge on any atom is 0.280 e. The topological polar surface area (TPSA) is 177 Å². The van der Waals surface area contributed by atoms with Crippen molar-refractivity contribution in [3.05, 3.63) is 46.0 Å². The maximum atomic E-state index is 12.9. The van der Waals surface area contributed by atoms with Crippen molar-refractivity contribution in [1.82, 2.24) is 35.6 Å². The summed E-state index contributed by atoms with van der Waals surface area (Å²) in [6.07, 6.45) is 1.31. The summed E-state index contributed by atoms with van der Waals surface area (Å²) >= 11 is 11.9. The largest absolute Gasteiger partial charge is 0.381 e. The Morgan fingerprint density at radius 1 is 1.16 bits per heavy atom. The highest BCUT2D eigenvalue weighted by Gasteiger charge is 2.40. The Labute approximate surface area is 227 Å². The molecule has 0 radical (unpaired) electrons. The van der Waals surface area contributed by atoms with Gasteiger partial charge in [-0.1, -0.05) is 28.4 Å². The molecule has 2 aromatic heterocycles. The van der Waals surface area contributed by atoms with Gasteiger partial charge in [-0.3, -0.25) is 19.9 Å². The molecule has 198 valence electrons. The lowest BCUT2D eigenvalue weighted by Gasteiger charge is -2.39. The molecule has 0 bridgehead atoms. The van der Waals surface area contributed by atoms with E-state index in [2.05, 4.69) is 41.1 Å². The average Bonchev–Trinajstić information content (AvgIpc) is 3.53. The van der Waals surface area contributed by atoms with Crippen LogP contribution in [0.1, 0.15) is 29.2 Å². The molecule has 5 rings (SSSR count). The van der Waals surface area contributed by atoms with Crippen molar-refractivity contribution in [3.63, 3.8) is 0 Å². The summed E-state index contributed by atoms with van der Waals surface area (Å²) in [6, 6.07) is 7.04. The van der Waals surface area contributed by atoms with Crippen molar-refractivity contribution in [2.75, 3.05) is 37.7 Å². The molecule has 38 heavy (non-hydrogen) atoms. The summed E-state index contributed by atoms with van der Waals surface area (Å²) in [4.78, 5) is 44.3. The van der Waals surface area contributed by atoms with Crippen LogP contribution in [0.4, 0.5) is 11.6 Å². The maximum absolute atomic E-state index is 12.9. The van der Waals surface area contributed by atoms with Crippen LogP contribution in [0.25, 0.3) is 11.4 Å². The fraction of sp³-hybridized carbons (Fsp3) is 0.348. The number of likely N-dealkylation sites (tertiary alicyclic amines) is 1. The van der Waals surface area contributed by atoms with Gasteiger partial charge in [-0.25, -0.2) is 9.97 Å². The third-order valence-electron chi connectivity index (χ3n) is 6.43. The first-order valence-corrected chi connectivity index (χ1v) is 12.5. The van der Waals surface area contributed by atoms with Crippen molar-refractivity contribution in [2.45, 2.75) is 24.8 Å². The van der Waals surface area contributed by atoms with Crippen LogP contribution in [-0.2, 0) is 11.2 Å². The smallest absolute Gasteiger partial charge is 0.280 e. The number of anilines is 2. The average molecular weight is 559 g/mol. The number of nitrogens with zero attached hydrogens (tertiary/aromatic N) is 6. The first kappa shape index (κ1) is 25.7. The number of rotatable bonds is 5. The number of halogens is 2. The molecule has 1 fully saturated rings. The van der Waals surface area contributed by atoms with E-state index in [9.17, 15) is 9.59 Å². The van der Waals surface area contributed by atoms with E-state index in [1.807, 2.05) is 0 Å². The predicted octanol–water partition coefficient (Wildman–Crippen LogP) is 1.75. The Balaban J connectivity index is 1.14. The SMILES string of the molecule is CNc1nc(N)c(Cl)nc1C(=O)NC1=NCC2(CCN(C(=O)Cc3nc(-c4ccc(Cl)cc4)no3)CC2)N1. The van der Waals surface area contributed by atoms with Crippen molar-refractivity contribution >= 4 is 52.6 Å². The standard InChI is InChI=1S/C23H24Cl2N10O3/c1-27-20-16(30-17(25)18(26)31-20)21(37)32-22-28-11-23(33-22)6-8-35(9-7-23)15(36)10-14-29-19(34-38-14)12-2-4-13(24)5-3-12/h2-5H,6-11H2,1H3,(H3,26,27,31)(H2,28,32,33,37). The molecule has 0 saturated carbocycles. The van der Waals surface area contributed by atoms with E-state index in [1.54, 1.807) is 36.2 Å². The fourth-order valence-electron chi connectivity index (χ4n) is 4.31. The van der Waals surface area contributed by atoms with E-state index in [0.717, 1.165) is 5.56 Å². The molecule has 1 spiro atoms. The van der Waals surface area contributed by atoms with Gasteiger partial charge in [-0.05, 0) is 37.1 Å². The van der Waals surface area contributed by atoms with Crippen LogP contribution in [0, 0.1) is 0 Å². The summed E-state index contributed by atoms with van der Waals surface area (Å²) in [5.41, 5.74) is 6.06. The van der Waals surface area contributed by atoms with Gasteiger partial charge in [0, 0.05) is 30.7 Å². The van der Waals surface area contributed by atoms with Crippen LogP contribution in [0.3, 0.4) is 0 Å². The Morgan fingerprint density at radius 3 is 2.61 bits per heavy atom. The van der Waals surface area contributed by atoms with Gasteiger partial charge < -0.3 is 25.8 Å². The van der Waals surface area contributed by atoms with Gasteiger partial charge >= 0.3 is 0 Å². The molecular formula is C23H24Cl2N10O3. The van der Waals surface area contributed by atoms with Crippen LogP contribution in [0.5, 0.6) is 0 Å². The van der Waals surface area contributed by atoms with Crippen molar-refractivity contribution in [3.8, 4) is 11.4 Å². The van der Waals surface area contributed by atoms with Crippen molar-refractivity contribution in [1.29, 1.82) is 0 Å². The molecule has 2 aliphatic rings. The lowest BCUT2D eigenvalue weighted by Crippen LogP contribution is -2.57. The molecule has 3 aromatic rings. The number of aromatic nitrogens is 4. The molecule has 5 N–H and O–H groups in total. The third-order valence-corrected chi connectivity index (χ3v) is 6.96. The number of piperidine rings is 1. The second-order valence-electron chi connectivity index (χ2n) is 8.95. The monoisotopic (exact) mass is 558 g/mol. The van der Waals surface area contributed by atoms with Gasteiger partial charge in [0.15, 0.2) is 28.4 Å². The zero-order chi connectivity index (χ0) is 26.9. The van der Waals surface area contributed by atoms with Gasteiger partial charge in [0.1, 0.15) is 6.42 Å². The van der Waals surface area contributed by atoms with Crippen LogP contribution in [0.2, 0.25) is 10.2 Å². The minimum Gasteiger partial charge on any atom is -0.381 e. The molecule has 0 atom stereocenters. The number of amides is 2. The molecule has 2 amide bonds. The lowest BCUT2D eigenvalue weighted by molar-refractivity contribution is -0.132. The molecule has 0 unspecified atom stereocenters. The van der Waals surface area contributed by atoms with Gasteiger partial charge in [-0.15, -0.1) is 0 Å². The Hall–Kier alpha value is -3.97. The van der Waals surface area contributed by atoms with Crippen LogP contribution in [0.15, 0.2) is 33.8 Å². The Morgan fingerprint density at radius 2 is 1.89 bits per heavy atom. The van der Waals surface area contributed by atoms with E-state index >= 15 is 0 Å². The number of carbonyl (C=O) groups excluding carboxylic acids is 2. The molecule has 2 aliphatic heterocycles. The minimum absolute atomic E-state index is 0.00203. The first-order valence-electron chi connectivity index (χ1n) is 11.8. The number of carbonyl (C=O) groups is 2. The Bertz CT molecular complexity index is 1400. The van der Waals surface area contributed by atoms with Gasteiger partial charge in [0.05, 0.1) is 12.1 Å². The van der Waals surface area contributed by atoms with Gasteiger partial charge in [0.25, 0.3) is 5.91 Å². The highest BCUT2D eigenvalue weighted by atomic mass is 35.5. The third kappa shape index (κ3) is 5.34. The number of guanidine groups is 1. The zero-order valence-electron chi connectivity index (χ0n) is 20.3. The first-order chi connectivity index (χ1) is 18.2. The molecule has 0 aliphatic carbocycles. The number of hydrogen-bond donors (Lipinski definition) is 4. The summed E-state index contributed by atoms with van der Waals surface area (Å²) < 4.78 is 5.28. The minimum atomic E-state index is -0.530. The summed E-state index contributed by atoms with van der Waals surface area (Å²) in [5.74, 6) is 0.565. The number of hydrogen-bond acceptors (Lipinski definition) is 11.